The molecular weight excluding hydrogens is 167 g/mol. The highest BCUT2D eigenvalue weighted by Gasteiger charge is 2.05. The Morgan fingerprint density at radius 3 is 2.69 bits per heavy atom. The number of hydrogen-bond donors (Lipinski definition) is 1. The molecule has 13 heavy (non-hydrogen) atoms. The Morgan fingerprint density at radius 2 is 2.15 bits per heavy atom. The van der Waals surface area contributed by atoms with Crippen LogP contribution in [0.2, 0.25) is 0 Å². The molecule has 0 saturated carbocycles. The number of rotatable bonds is 3. The summed E-state index contributed by atoms with van der Waals surface area (Å²) in [5.41, 5.74) is 2.07. The lowest BCUT2D eigenvalue weighted by molar-refractivity contribution is 0.237. The molecule has 1 nitrogen and oxygen atoms in total. The van der Waals surface area contributed by atoms with E-state index in [1.54, 1.807) is 6.07 Å². The molecule has 0 saturated heterocycles. The molecule has 1 rings (SSSR count). The van der Waals surface area contributed by atoms with Crippen LogP contribution in [-0.2, 0) is 6.42 Å². The van der Waals surface area contributed by atoms with Gasteiger partial charge >= 0.3 is 0 Å². The Bertz CT molecular complexity index is 283. The van der Waals surface area contributed by atoms with Gasteiger partial charge in [-0.25, -0.2) is 4.39 Å². The van der Waals surface area contributed by atoms with Gasteiger partial charge in [-0.15, -0.1) is 0 Å². The molecule has 2 heteroatoms. The number of benzene rings is 1. The Hall–Kier alpha value is -0.890. The molecule has 1 atom stereocenters. The minimum absolute atomic E-state index is 0.177. The molecule has 0 amide bonds. The summed E-state index contributed by atoms with van der Waals surface area (Å²) in [4.78, 5) is 0. The van der Waals surface area contributed by atoms with E-state index in [-0.39, 0.29) is 18.3 Å². The zero-order valence-corrected chi connectivity index (χ0v) is 8.05. The van der Waals surface area contributed by atoms with Gasteiger partial charge in [-0.3, -0.25) is 0 Å². The Labute approximate surface area is 78.2 Å². The predicted molar refractivity (Wildman–Crippen MR) is 51.1 cm³/mol. The zero-order valence-electron chi connectivity index (χ0n) is 8.05. The van der Waals surface area contributed by atoms with Crippen molar-refractivity contribution in [2.45, 2.75) is 20.3 Å². The average molecular weight is 182 g/mol. The van der Waals surface area contributed by atoms with Crippen LogP contribution >= 0.6 is 0 Å². The first-order valence-corrected chi connectivity index (χ1v) is 4.49. The van der Waals surface area contributed by atoms with Crippen molar-refractivity contribution in [1.82, 2.24) is 0 Å². The molecule has 1 aromatic carbocycles. The fourth-order valence-corrected chi connectivity index (χ4v) is 1.33. The quantitative estimate of drug-likeness (QED) is 0.760. The second kappa shape index (κ2) is 4.38. The molecule has 72 valence electrons. The monoisotopic (exact) mass is 182 g/mol. The lowest BCUT2D eigenvalue weighted by Crippen LogP contribution is -2.05. The maximum atomic E-state index is 12.7. The fraction of sp³-hybridized carbons (Fsp3) is 0.455. The van der Waals surface area contributed by atoms with Crippen molar-refractivity contribution >= 4 is 0 Å². The first-order valence-electron chi connectivity index (χ1n) is 4.49. The van der Waals surface area contributed by atoms with Crippen molar-refractivity contribution in [1.29, 1.82) is 0 Å². The second-order valence-electron chi connectivity index (χ2n) is 3.56. The summed E-state index contributed by atoms with van der Waals surface area (Å²) < 4.78 is 12.7. The van der Waals surface area contributed by atoms with Gasteiger partial charge in [0.2, 0.25) is 0 Å². The molecule has 0 fully saturated rings. The fourth-order valence-electron chi connectivity index (χ4n) is 1.33. The normalized spacial score (nSPS) is 12.9. The van der Waals surface area contributed by atoms with E-state index in [9.17, 15) is 4.39 Å². The Morgan fingerprint density at radius 1 is 1.46 bits per heavy atom. The van der Waals surface area contributed by atoms with Crippen LogP contribution in [0, 0.1) is 18.7 Å². The summed E-state index contributed by atoms with van der Waals surface area (Å²) in [6.07, 6.45) is 0.808. The minimum atomic E-state index is -0.196. The van der Waals surface area contributed by atoms with E-state index in [4.69, 9.17) is 5.11 Å². The first-order chi connectivity index (χ1) is 6.13. The molecule has 0 bridgehead atoms. The summed E-state index contributed by atoms with van der Waals surface area (Å²) in [6, 6.07) is 4.78. The third kappa shape index (κ3) is 2.81. The average Bonchev–Trinajstić information content (AvgIpc) is 2.09. The summed E-state index contributed by atoms with van der Waals surface area (Å²) in [6.45, 7) is 4.04. The van der Waals surface area contributed by atoms with Gasteiger partial charge in [0.15, 0.2) is 0 Å². The number of hydrogen-bond acceptors (Lipinski definition) is 1. The molecule has 1 aromatic rings. The summed E-state index contributed by atoms with van der Waals surface area (Å²) in [5.74, 6) is 0.0436. The molecule has 0 radical (unpaired) electrons. The van der Waals surface area contributed by atoms with Crippen LogP contribution in [0.1, 0.15) is 18.1 Å². The number of aliphatic hydroxyl groups is 1. The van der Waals surface area contributed by atoms with Gasteiger partial charge in [-0.05, 0) is 42.5 Å². The SMILES string of the molecule is Cc1cc(F)ccc1CC(C)CO. The van der Waals surface area contributed by atoms with E-state index in [1.807, 2.05) is 13.8 Å². The molecular formula is C11H15FO. The van der Waals surface area contributed by atoms with Gasteiger partial charge in [0.25, 0.3) is 0 Å². The van der Waals surface area contributed by atoms with Crippen LogP contribution in [0.4, 0.5) is 4.39 Å². The smallest absolute Gasteiger partial charge is 0.123 e. The molecule has 1 N–H and O–H groups in total. The zero-order chi connectivity index (χ0) is 9.84. The Balaban J connectivity index is 2.77. The van der Waals surface area contributed by atoms with Crippen molar-refractivity contribution < 1.29 is 9.50 Å². The highest BCUT2D eigenvalue weighted by Crippen LogP contribution is 2.14. The van der Waals surface area contributed by atoms with Gasteiger partial charge in [-0.2, -0.15) is 0 Å². The lowest BCUT2D eigenvalue weighted by Gasteiger charge is -2.10. The number of halogens is 1. The second-order valence-corrected chi connectivity index (χ2v) is 3.56. The third-order valence-electron chi connectivity index (χ3n) is 2.18. The van der Waals surface area contributed by atoms with Gasteiger partial charge < -0.3 is 5.11 Å². The van der Waals surface area contributed by atoms with Crippen molar-refractivity contribution in [3.63, 3.8) is 0 Å². The molecule has 0 aliphatic heterocycles. The molecule has 1 unspecified atom stereocenters. The topological polar surface area (TPSA) is 20.2 Å². The lowest BCUT2D eigenvalue weighted by atomic mass is 9.98. The largest absolute Gasteiger partial charge is 0.396 e. The minimum Gasteiger partial charge on any atom is -0.396 e. The van der Waals surface area contributed by atoms with Crippen LogP contribution in [0.3, 0.4) is 0 Å². The third-order valence-corrected chi connectivity index (χ3v) is 2.18. The van der Waals surface area contributed by atoms with Crippen molar-refractivity contribution in [2.75, 3.05) is 6.61 Å². The molecule has 0 aliphatic rings. The maximum absolute atomic E-state index is 12.7. The van der Waals surface area contributed by atoms with Crippen molar-refractivity contribution in [3.8, 4) is 0 Å². The van der Waals surface area contributed by atoms with E-state index in [0.29, 0.717) is 0 Å². The highest BCUT2D eigenvalue weighted by molar-refractivity contribution is 5.26. The van der Waals surface area contributed by atoms with Crippen molar-refractivity contribution in [3.05, 3.63) is 35.1 Å². The van der Waals surface area contributed by atoms with Crippen LogP contribution in [-0.4, -0.2) is 11.7 Å². The summed E-state index contributed by atoms with van der Waals surface area (Å²) >= 11 is 0. The molecule has 0 aliphatic carbocycles. The van der Waals surface area contributed by atoms with Gasteiger partial charge in [-0.1, -0.05) is 13.0 Å². The van der Waals surface area contributed by atoms with E-state index in [0.717, 1.165) is 17.5 Å². The van der Waals surface area contributed by atoms with Crippen LogP contribution < -0.4 is 0 Å². The molecule has 0 spiro atoms. The van der Waals surface area contributed by atoms with Crippen LogP contribution in [0.5, 0.6) is 0 Å². The predicted octanol–water partition coefficient (Wildman–Crippen LogP) is 2.31. The van der Waals surface area contributed by atoms with Gasteiger partial charge in [0.1, 0.15) is 5.82 Å². The number of aliphatic hydroxyl groups excluding tert-OH is 1. The molecule has 0 heterocycles. The van der Waals surface area contributed by atoms with E-state index in [2.05, 4.69) is 0 Å². The number of aryl methyl sites for hydroxylation is 1. The van der Waals surface area contributed by atoms with Gasteiger partial charge in [0.05, 0.1) is 0 Å². The first kappa shape index (κ1) is 10.2. The van der Waals surface area contributed by atoms with Crippen LogP contribution in [0.25, 0.3) is 0 Å². The standard InChI is InChI=1S/C11H15FO/c1-8(7-13)5-10-3-4-11(12)6-9(10)2/h3-4,6,8,13H,5,7H2,1-2H3. The van der Waals surface area contributed by atoms with E-state index >= 15 is 0 Å². The van der Waals surface area contributed by atoms with E-state index < -0.39 is 0 Å². The summed E-state index contributed by atoms with van der Waals surface area (Å²) in [5, 5.41) is 8.87. The van der Waals surface area contributed by atoms with Gasteiger partial charge in [0, 0.05) is 6.61 Å². The Kier molecular flexibility index (Phi) is 3.43. The highest BCUT2D eigenvalue weighted by atomic mass is 19.1. The van der Waals surface area contributed by atoms with Crippen LogP contribution in [0.15, 0.2) is 18.2 Å². The van der Waals surface area contributed by atoms with Crippen molar-refractivity contribution in [2.24, 2.45) is 5.92 Å². The maximum Gasteiger partial charge on any atom is 0.123 e. The summed E-state index contributed by atoms with van der Waals surface area (Å²) in [7, 11) is 0. The molecule has 0 aromatic heterocycles. The van der Waals surface area contributed by atoms with E-state index in [1.165, 1.54) is 12.1 Å².